The Bertz CT molecular complexity index is 490. The summed E-state index contributed by atoms with van der Waals surface area (Å²) in [5.74, 6) is 4.40. The summed E-state index contributed by atoms with van der Waals surface area (Å²) in [4.78, 5) is 6.77. The molecule has 0 bridgehead atoms. The fourth-order valence-electron chi connectivity index (χ4n) is 2.98. The zero-order chi connectivity index (χ0) is 15.4. The molecule has 0 amide bonds. The Kier molecular flexibility index (Phi) is 5.20. The van der Waals surface area contributed by atoms with E-state index in [2.05, 4.69) is 39.3 Å². The molecule has 2 heterocycles. The normalized spacial score (nSPS) is 19.6. The minimum absolute atomic E-state index is 0.662. The van der Waals surface area contributed by atoms with E-state index in [-0.39, 0.29) is 0 Å². The molecule has 1 saturated heterocycles. The zero-order valence-corrected chi connectivity index (χ0v) is 13.9. The second-order valence-corrected chi connectivity index (χ2v) is 6.35. The van der Waals surface area contributed by atoms with Crippen LogP contribution in [0.4, 0.5) is 0 Å². The van der Waals surface area contributed by atoms with Crippen LogP contribution in [0.2, 0.25) is 0 Å². The van der Waals surface area contributed by atoms with Crippen LogP contribution in [-0.2, 0) is 13.6 Å². The molecule has 1 aliphatic rings. The molecular weight excluding hydrogens is 264 g/mol. The topological polar surface area (TPSA) is 58.3 Å². The molecule has 0 aromatic carbocycles. The van der Waals surface area contributed by atoms with Crippen molar-refractivity contribution in [2.24, 2.45) is 23.9 Å². The first kappa shape index (κ1) is 15.8. The van der Waals surface area contributed by atoms with Crippen molar-refractivity contribution < 1.29 is 0 Å². The molecule has 0 saturated carbocycles. The summed E-state index contributed by atoms with van der Waals surface area (Å²) in [5, 5.41) is 11.7. The van der Waals surface area contributed by atoms with Gasteiger partial charge in [0.25, 0.3) is 0 Å². The summed E-state index contributed by atoms with van der Waals surface area (Å²) in [7, 11) is 3.84. The largest absolute Gasteiger partial charge is 0.349 e. The van der Waals surface area contributed by atoms with E-state index in [1.807, 2.05) is 25.6 Å². The van der Waals surface area contributed by atoms with Crippen molar-refractivity contribution in [3.05, 3.63) is 11.6 Å². The number of guanidine groups is 1. The van der Waals surface area contributed by atoms with Gasteiger partial charge in [0.05, 0.1) is 6.54 Å². The molecule has 2 rings (SSSR count). The van der Waals surface area contributed by atoms with Crippen molar-refractivity contribution in [2.45, 2.75) is 40.2 Å². The quantitative estimate of drug-likeness (QED) is 0.676. The molecule has 1 aliphatic heterocycles. The van der Waals surface area contributed by atoms with Gasteiger partial charge in [0, 0.05) is 27.2 Å². The van der Waals surface area contributed by atoms with Gasteiger partial charge in [-0.1, -0.05) is 13.8 Å². The Balaban J connectivity index is 1.88. The van der Waals surface area contributed by atoms with Crippen LogP contribution in [0, 0.1) is 18.8 Å². The summed E-state index contributed by atoms with van der Waals surface area (Å²) in [6, 6.07) is 0. The van der Waals surface area contributed by atoms with E-state index in [1.165, 1.54) is 12.8 Å². The average molecular weight is 292 g/mol. The van der Waals surface area contributed by atoms with Crippen LogP contribution in [0.3, 0.4) is 0 Å². The van der Waals surface area contributed by atoms with Crippen LogP contribution in [0.1, 0.15) is 38.3 Å². The number of aliphatic imine (C=N–C) groups is 1. The smallest absolute Gasteiger partial charge is 0.194 e. The molecule has 118 valence electrons. The van der Waals surface area contributed by atoms with Gasteiger partial charge in [-0.05, 0) is 31.6 Å². The van der Waals surface area contributed by atoms with Crippen LogP contribution < -0.4 is 5.32 Å². The molecule has 1 aromatic heterocycles. The third kappa shape index (κ3) is 3.95. The summed E-state index contributed by atoms with van der Waals surface area (Å²) in [6.45, 7) is 9.42. The Morgan fingerprint density at radius 3 is 2.76 bits per heavy atom. The van der Waals surface area contributed by atoms with E-state index in [4.69, 9.17) is 0 Å². The Hall–Kier alpha value is -1.59. The molecule has 0 radical (unpaired) electrons. The van der Waals surface area contributed by atoms with E-state index < -0.39 is 0 Å². The van der Waals surface area contributed by atoms with Gasteiger partial charge in [-0.2, -0.15) is 0 Å². The molecular formula is C15H28N6. The van der Waals surface area contributed by atoms with E-state index in [9.17, 15) is 0 Å². The van der Waals surface area contributed by atoms with Gasteiger partial charge in [0.15, 0.2) is 11.8 Å². The van der Waals surface area contributed by atoms with Gasteiger partial charge in [-0.15, -0.1) is 10.2 Å². The molecule has 1 N–H and O–H groups in total. The lowest BCUT2D eigenvalue weighted by atomic mass is 9.97. The van der Waals surface area contributed by atoms with E-state index >= 15 is 0 Å². The van der Waals surface area contributed by atoms with Crippen LogP contribution >= 0.6 is 0 Å². The first-order chi connectivity index (χ1) is 10.0. The molecule has 21 heavy (non-hydrogen) atoms. The summed E-state index contributed by atoms with van der Waals surface area (Å²) in [6.07, 6.45) is 2.57. The number of nitrogens with one attached hydrogen (secondary N) is 1. The maximum absolute atomic E-state index is 4.41. The third-order valence-electron chi connectivity index (χ3n) is 4.19. The third-order valence-corrected chi connectivity index (χ3v) is 4.19. The van der Waals surface area contributed by atoms with Crippen molar-refractivity contribution in [1.82, 2.24) is 25.0 Å². The average Bonchev–Trinajstić information content (AvgIpc) is 3.00. The Labute approximate surface area is 127 Å². The van der Waals surface area contributed by atoms with Gasteiger partial charge in [0.2, 0.25) is 0 Å². The first-order valence-corrected chi connectivity index (χ1v) is 7.81. The monoisotopic (exact) mass is 292 g/mol. The van der Waals surface area contributed by atoms with Crippen molar-refractivity contribution in [3.63, 3.8) is 0 Å². The number of nitrogens with zero attached hydrogens (tertiary/aromatic N) is 5. The fourth-order valence-corrected chi connectivity index (χ4v) is 2.98. The van der Waals surface area contributed by atoms with Gasteiger partial charge in [-0.3, -0.25) is 4.99 Å². The van der Waals surface area contributed by atoms with Crippen LogP contribution in [0.25, 0.3) is 0 Å². The predicted molar refractivity (Wildman–Crippen MR) is 85.1 cm³/mol. The summed E-state index contributed by atoms with van der Waals surface area (Å²) < 4.78 is 2.01. The van der Waals surface area contributed by atoms with Gasteiger partial charge in [-0.25, -0.2) is 0 Å². The molecule has 0 aliphatic carbocycles. The highest BCUT2D eigenvalue weighted by atomic mass is 15.3. The van der Waals surface area contributed by atoms with Crippen molar-refractivity contribution >= 4 is 5.96 Å². The summed E-state index contributed by atoms with van der Waals surface area (Å²) >= 11 is 0. The van der Waals surface area contributed by atoms with E-state index in [1.54, 1.807) is 0 Å². The molecule has 6 nitrogen and oxygen atoms in total. The first-order valence-electron chi connectivity index (χ1n) is 7.81. The molecule has 1 aromatic rings. The number of hydrogen-bond donors (Lipinski definition) is 1. The number of aryl methyl sites for hydroxylation is 1. The predicted octanol–water partition coefficient (Wildman–Crippen LogP) is 1.57. The minimum atomic E-state index is 0.662. The van der Waals surface area contributed by atoms with E-state index in [0.29, 0.717) is 6.54 Å². The number of hydrogen-bond acceptors (Lipinski definition) is 3. The highest BCUT2D eigenvalue weighted by Gasteiger charge is 2.25. The van der Waals surface area contributed by atoms with Gasteiger partial charge in [0.1, 0.15) is 5.82 Å². The molecule has 0 spiro atoms. The summed E-state index contributed by atoms with van der Waals surface area (Å²) in [5.41, 5.74) is 0. The molecule has 1 unspecified atom stereocenters. The zero-order valence-electron chi connectivity index (χ0n) is 13.9. The maximum Gasteiger partial charge on any atom is 0.194 e. The number of rotatable bonds is 4. The second-order valence-electron chi connectivity index (χ2n) is 6.35. The van der Waals surface area contributed by atoms with Crippen molar-refractivity contribution in [2.75, 3.05) is 20.1 Å². The van der Waals surface area contributed by atoms with Crippen molar-refractivity contribution in [1.29, 1.82) is 0 Å². The molecule has 1 atom stereocenters. The highest BCUT2D eigenvalue weighted by Crippen LogP contribution is 2.23. The number of aromatic nitrogens is 3. The lowest BCUT2D eigenvalue weighted by Crippen LogP contribution is -2.40. The fraction of sp³-hybridized carbons (Fsp3) is 0.800. The van der Waals surface area contributed by atoms with Crippen LogP contribution in [0.5, 0.6) is 0 Å². The standard InChI is InChI=1S/C15H28N6/c1-11(2)8-13-6-7-21(10-13)15(16-4)17-9-14-19-18-12(3)20(14)5/h11,13H,6-10H2,1-5H3,(H,16,17). The van der Waals surface area contributed by atoms with Crippen molar-refractivity contribution in [3.8, 4) is 0 Å². The van der Waals surface area contributed by atoms with E-state index in [0.717, 1.165) is 42.5 Å². The maximum atomic E-state index is 4.41. The van der Waals surface area contributed by atoms with Crippen LogP contribution in [-0.4, -0.2) is 45.8 Å². The van der Waals surface area contributed by atoms with Gasteiger partial charge < -0.3 is 14.8 Å². The van der Waals surface area contributed by atoms with Gasteiger partial charge >= 0.3 is 0 Å². The highest BCUT2D eigenvalue weighted by molar-refractivity contribution is 5.80. The SMILES string of the molecule is CN=C(NCc1nnc(C)n1C)N1CCC(CC(C)C)C1. The Morgan fingerprint density at radius 1 is 1.43 bits per heavy atom. The second kappa shape index (κ2) is 6.91. The Morgan fingerprint density at radius 2 is 2.19 bits per heavy atom. The minimum Gasteiger partial charge on any atom is -0.349 e. The molecule has 6 heteroatoms. The lowest BCUT2D eigenvalue weighted by molar-refractivity contribution is 0.403. The lowest BCUT2D eigenvalue weighted by Gasteiger charge is -2.22. The number of likely N-dealkylation sites (tertiary alicyclic amines) is 1. The molecule has 1 fully saturated rings. The van der Waals surface area contributed by atoms with Crippen LogP contribution in [0.15, 0.2) is 4.99 Å².